The number of nitrogens with one attached hydrogen (secondary N) is 1. The van der Waals surface area contributed by atoms with Gasteiger partial charge in [-0.05, 0) is 43.2 Å². The number of rotatable bonds is 4. The molecule has 1 N–H and O–H groups in total. The Hall–Kier alpha value is -1.08. The van der Waals surface area contributed by atoms with Gasteiger partial charge in [0.2, 0.25) is 5.91 Å². The van der Waals surface area contributed by atoms with E-state index in [2.05, 4.69) is 21.7 Å². The summed E-state index contributed by atoms with van der Waals surface area (Å²) in [5.74, 6) is -2.84. The molecule has 2 heterocycles. The zero-order chi connectivity index (χ0) is 18.0. The van der Waals surface area contributed by atoms with Crippen molar-refractivity contribution in [3.63, 3.8) is 0 Å². The predicted molar refractivity (Wildman–Crippen MR) is 92.4 cm³/mol. The average molecular weight is 374 g/mol. The number of carbonyl (C=O) groups excluding carboxylic acids is 1. The topological polar surface area (TPSA) is 32.3 Å². The van der Waals surface area contributed by atoms with Crippen LogP contribution in [0.3, 0.4) is 0 Å². The highest BCUT2D eigenvalue weighted by atomic mass is 32.1. The van der Waals surface area contributed by atoms with Gasteiger partial charge >= 0.3 is 6.18 Å². The van der Waals surface area contributed by atoms with Gasteiger partial charge in [-0.3, -0.25) is 9.69 Å². The van der Waals surface area contributed by atoms with Crippen molar-refractivity contribution in [2.24, 2.45) is 11.8 Å². The second-order valence-electron chi connectivity index (χ2n) is 7.22. The Kier molecular flexibility index (Phi) is 5.73. The molecule has 3 rings (SSSR count). The summed E-state index contributed by atoms with van der Waals surface area (Å²) in [6.45, 7) is 4.21. The molecule has 3 nitrogen and oxygen atoms in total. The number of fused-ring (bicyclic) bond motifs is 1. The Balaban J connectivity index is 1.53. The summed E-state index contributed by atoms with van der Waals surface area (Å²) in [6, 6.07) is 2.25. The van der Waals surface area contributed by atoms with E-state index in [-0.39, 0.29) is 12.5 Å². The normalized spacial score (nSPS) is 26.1. The van der Waals surface area contributed by atoms with E-state index in [4.69, 9.17) is 0 Å². The number of alkyl halides is 3. The lowest BCUT2D eigenvalue weighted by Crippen LogP contribution is -2.48. The van der Waals surface area contributed by atoms with Gasteiger partial charge in [0.1, 0.15) is 0 Å². The first-order valence-corrected chi connectivity index (χ1v) is 9.88. The minimum absolute atomic E-state index is 0.0736. The smallest absolute Gasteiger partial charge is 0.354 e. The summed E-state index contributed by atoms with van der Waals surface area (Å²) in [5, 5.41) is 4.89. The molecule has 0 bridgehead atoms. The number of nitrogens with zero attached hydrogens (tertiary/aromatic N) is 1. The maximum Gasteiger partial charge on any atom is 0.392 e. The van der Waals surface area contributed by atoms with Crippen LogP contribution in [0.1, 0.15) is 43.0 Å². The Labute approximate surface area is 150 Å². The quantitative estimate of drug-likeness (QED) is 0.865. The molecule has 7 heteroatoms. The molecule has 1 saturated carbocycles. The van der Waals surface area contributed by atoms with Crippen LogP contribution in [0, 0.1) is 11.8 Å². The number of amides is 1. The molecule has 2 aliphatic rings. The molecule has 0 radical (unpaired) electrons. The fraction of sp³-hybridized carbons (Fsp3) is 0.722. The van der Waals surface area contributed by atoms with Crippen LogP contribution in [0.15, 0.2) is 11.4 Å². The molecular weight excluding hydrogens is 349 g/mol. The van der Waals surface area contributed by atoms with Crippen molar-refractivity contribution in [3.8, 4) is 0 Å². The molecule has 1 aromatic rings. The zero-order valence-corrected chi connectivity index (χ0v) is 15.3. The molecule has 25 heavy (non-hydrogen) atoms. The van der Waals surface area contributed by atoms with Crippen LogP contribution in [0.4, 0.5) is 13.2 Å². The fourth-order valence-corrected chi connectivity index (χ4v) is 4.88. The van der Waals surface area contributed by atoms with Gasteiger partial charge in [0.15, 0.2) is 0 Å². The lowest BCUT2D eigenvalue weighted by atomic mass is 9.78. The van der Waals surface area contributed by atoms with E-state index in [1.807, 2.05) is 6.92 Å². The second kappa shape index (κ2) is 7.66. The largest absolute Gasteiger partial charge is 0.392 e. The fourth-order valence-electron chi connectivity index (χ4n) is 3.99. The number of carbonyl (C=O) groups is 1. The summed E-state index contributed by atoms with van der Waals surface area (Å²) < 4.78 is 39.5. The lowest BCUT2D eigenvalue weighted by molar-refractivity contribution is -0.198. The Morgan fingerprint density at radius 1 is 1.40 bits per heavy atom. The van der Waals surface area contributed by atoms with Crippen molar-refractivity contribution >= 4 is 17.2 Å². The van der Waals surface area contributed by atoms with Crippen molar-refractivity contribution in [2.75, 3.05) is 13.1 Å². The first kappa shape index (κ1) is 18.7. The zero-order valence-electron chi connectivity index (χ0n) is 14.4. The third-order valence-electron chi connectivity index (χ3n) is 5.56. The van der Waals surface area contributed by atoms with Crippen molar-refractivity contribution in [1.29, 1.82) is 0 Å². The van der Waals surface area contributed by atoms with Crippen LogP contribution in [-0.2, 0) is 17.8 Å². The number of hydrogen-bond acceptors (Lipinski definition) is 3. The minimum Gasteiger partial charge on any atom is -0.354 e. The van der Waals surface area contributed by atoms with Crippen LogP contribution in [0.5, 0.6) is 0 Å². The van der Waals surface area contributed by atoms with E-state index >= 15 is 0 Å². The number of thiophene rings is 1. The summed E-state index contributed by atoms with van der Waals surface area (Å²) in [4.78, 5) is 16.1. The van der Waals surface area contributed by atoms with Crippen LogP contribution < -0.4 is 5.32 Å². The van der Waals surface area contributed by atoms with Gasteiger partial charge in [-0.15, -0.1) is 11.3 Å². The van der Waals surface area contributed by atoms with E-state index in [9.17, 15) is 18.0 Å². The Morgan fingerprint density at radius 2 is 2.16 bits per heavy atom. The number of hydrogen-bond donors (Lipinski definition) is 1. The summed E-state index contributed by atoms with van der Waals surface area (Å²) in [6.07, 6.45) is -1.61. The molecule has 1 aromatic heterocycles. The molecule has 1 fully saturated rings. The van der Waals surface area contributed by atoms with E-state index in [0.717, 1.165) is 19.5 Å². The van der Waals surface area contributed by atoms with Gasteiger partial charge in [-0.25, -0.2) is 0 Å². The highest BCUT2D eigenvalue weighted by molar-refractivity contribution is 7.10. The second-order valence-corrected chi connectivity index (χ2v) is 8.22. The van der Waals surface area contributed by atoms with E-state index in [1.54, 1.807) is 11.3 Å². The first-order valence-electron chi connectivity index (χ1n) is 9.00. The molecule has 140 valence electrons. The van der Waals surface area contributed by atoms with E-state index in [1.165, 1.54) is 10.4 Å². The average Bonchev–Trinajstić information content (AvgIpc) is 3.06. The molecule has 3 atom stereocenters. The minimum atomic E-state index is -4.28. The van der Waals surface area contributed by atoms with E-state index in [0.29, 0.717) is 25.8 Å². The SMILES string of the molecule is CC(CNC(=O)C1CCCCC1C(F)(F)F)N1CCc2sccc2C1. The van der Waals surface area contributed by atoms with Crippen LogP contribution in [0.25, 0.3) is 0 Å². The first-order chi connectivity index (χ1) is 11.9. The molecule has 1 aliphatic heterocycles. The maximum atomic E-state index is 13.2. The van der Waals surface area contributed by atoms with E-state index < -0.39 is 23.9 Å². The van der Waals surface area contributed by atoms with Crippen molar-refractivity contribution < 1.29 is 18.0 Å². The number of halogens is 3. The van der Waals surface area contributed by atoms with Crippen molar-refractivity contribution in [2.45, 2.75) is 57.8 Å². The van der Waals surface area contributed by atoms with Gasteiger partial charge in [-0.1, -0.05) is 12.8 Å². The summed E-state index contributed by atoms with van der Waals surface area (Å²) in [7, 11) is 0. The highest BCUT2D eigenvalue weighted by Gasteiger charge is 2.48. The van der Waals surface area contributed by atoms with Crippen molar-refractivity contribution in [3.05, 3.63) is 21.9 Å². The van der Waals surface area contributed by atoms with Crippen LogP contribution in [0.2, 0.25) is 0 Å². The molecule has 0 aromatic carbocycles. The molecule has 0 saturated heterocycles. The molecular formula is C18H25F3N2OS. The van der Waals surface area contributed by atoms with Gasteiger partial charge in [-0.2, -0.15) is 13.2 Å². The molecule has 0 spiro atoms. The standard InChI is InChI=1S/C18H25F3N2OS/c1-12(23-8-6-16-13(11-23)7-9-25-16)10-22-17(24)14-4-2-3-5-15(14)18(19,20)21/h7,9,12,14-15H,2-6,8,10-11H2,1H3,(H,22,24). The van der Waals surface area contributed by atoms with Gasteiger partial charge < -0.3 is 5.32 Å². The predicted octanol–water partition coefficient (Wildman–Crippen LogP) is 3.98. The van der Waals surface area contributed by atoms with Gasteiger partial charge in [0.25, 0.3) is 0 Å². The maximum absolute atomic E-state index is 13.2. The summed E-state index contributed by atoms with van der Waals surface area (Å²) >= 11 is 1.78. The highest BCUT2D eigenvalue weighted by Crippen LogP contribution is 2.41. The lowest BCUT2D eigenvalue weighted by Gasteiger charge is -2.34. The molecule has 1 amide bonds. The van der Waals surface area contributed by atoms with Crippen LogP contribution in [-0.4, -0.2) is 36.1 Å². The third kappa shape index (κ3) is 4.37. The summed E-state index contributed by atoms with van der Waals surface area (Å²) in [5.41, 5.74) is 1.33. The third-order valence-corrected chi connectivity index (χ3v) is 6.58. The Morgan fingerprint density at radius 3 is 2.92 bits per heavy atom. The molecule has 3 unspecified atom stereocenters. The molecule has 1 aliphatic carbocycles. The van der Waals surface area contributed by atoms with Gasteiger partial charge in [0.05, 0.1) is 5.92 Å². The Bertz CT molecular complexity index is 601. The van der Waals surface area contributed by atoms with Crippen LogP contribution >= 0.6 is 11.3 Å². The van der Waals surface area contributed by atoms with Gasteiger partial charge in [0, 0.05) is 36.5 Å². The monoisotopic (exact) mass is 374 g/mol. The van der Waals surface area contributed by atoms with Crippen molar-refractivity contribution in [1.82, 2.24) is 10.2 Å².